The van der Waals surface area contributed by atoms with Crippen molar-refractivity contribution in [3.63, 3.8) is 0 Å². The Balaban J connectivity index is 0.000000187. The average molecular weight is 766 g/mol. The molecule has 51 heavy (non-hydrogen) atoms. The van der Waals surface area contributed by atoms with E-state index in [0.717, 1.165) is 31.9 Å². The van der Waals surface area contributed by atoms with Gasteiger partial charge in [0.1, 0.15) is 6.10 Å². The number of nitrogens with zero attached hydrogens (tertiary/aromatic N) is 4. The van der Waals surface area contributed by atoms with Crippen LogP contribution in [0.1, 0.15) is 28.4 Å². The summed E-state index contributed by atoms with van der Waals surface area (Å²) in [6.45, 7) is 3.17. The van der Waals surface area contributed by atoms with E-state index in [1.807, 2.05) is 75.6 Å². The van der Waals surface area contributed by atoms with E-state index in [2.05, 4.69) is 89.8 Å². The fourth-order valence-electron chi connectivity index (χ4n) is 5.05. The Morgan fingerprint density at radius 1 is 0.882 bits per heavy atom. The van der Waals surface area contributed by atoms with Crippen molar-refractivity contribution >= 4 is 64.7 Å². The first-order valence-electron chi connectivity index (χ1n) is 16.1. The first-order valence-corrected chi connectivity index (χ1v) is 19.0. The highest BCUT2D eigenvalue weighted by atomic mass is 35.5. The molecule has 0 saturated carbocycles. The van der Waals surface area contributed by atoms with Crippen molar-refractivity contribution in [2.45, 2.75) is 36.0 Å². The van der Waals surface area contributed by atoms with Crippen molar-refractivity contribution in [2.24, 2.45) is 5.10 Å². The summed E-state index contributed by atoms with van der Waals surface area (Å²) >= 11 is 21.2. The molecule has 0 radical (unpaired) electrons. The Labute approximate surface area is 321 Å². The van der Waals surface area contributed by atoms with Crippen LogP contribution in [0.3, 0.4) is 0 Å². The summed E-state index contributed by atoms with van der Waals surface area (Å²) in [6.07, 6.45) is 7.06. The van der Waals surface area contributed by atoms with Gasteiger partial charge in [0.2, 0.25) is 0 Å². The molecule has 0 N–H and O–H groups in total. The fraction of sp³-hybridized carbons (Fsp3) is 0.0976. The molecule has 2 aromatic heterocycles. The summed E-state index contributed by atoms with van der Waals surface area (Å²) in [6, 6.07) is 42.7. The van der Waals surface area contributed by atoms with Crippen molar-refractivity contribution < 1.29 is 4.74 Å². The Kier molecular flexibility index (Phi) is 13.1. The van der Waals surface area contributed by atoms with Gasteiger partial charge in [-0.05, 0) is 66.7 Å². The van der Waals surface area contributed by atoms with E-state index in [9.17, 15) is 0 Å². The van der Waals surface area contributed by atoms with Crippen LogP contribution < -0.4 is 0 Å². The molecule has 0 spiro atoms. The summed E-state index contributed by atoms with van der Waals surface area (Å²) in [5.74, 6) is 0. The molecule has 1 unspecified atom stereocenters. The highest BCUT2D eigenvalue weighted by Crippen LogP contribution is 2.32. The molecule has 0 saturated heterocycles. The molecule has 10 heteroatoms. The summed E-state index contributed by atoms with van der Waals surface area (Å²) in [7, 11) is 0. The Morgan fingerprint density at radius 2 is 1.59 bits per heavy atom. The number of thiazole rings is 1. The van der Waals surface area contributed by atoms with Crippen molar-refractivity contribution in [1.29, 1.82) is 0 Å². The van der Waals surface area contributed by atoms with Crippen LogP contribution in [0.25, 0.3) is 11.3 Å². The number of ether oxygens (including phenoxy) is 1. The zero-order chi connectivity index (χ0) is 35.4. The first-order chi connectivity index (χ1) is 24.9. The van der Waals surface area contributed by atoms with Gasteiger partial charge in [-0.25, -0.2) is 9.66 Å². The van der Waals surface area contributed by atoms with E-state index >= 15 is 0 Å². The van der Waals surface area contributed by atoms with Gasteiger partial charge >= 0.3 is 0 Å². The quantitative estimate of drug-likeness (QED) is 0.0972. The van der Waals surface area contributed by atoms with Gasteiger partial charge < -0.3 is 9.30 Å². The van der Waals surface area contributed by atoms with Gasteiger partial charge in [-0.1, -0.05) is 132 Å². The molecule has 7 aromatic rings. The van der Waals surface area contributed by atoms with Crippen molar-refractivity contribution in [1.82, 2.24) is 14.2 Å². The highest BCUT2D eigenvalue weighted by molar-refractivity contribution is 7.99. The van der Waals surface area contributed by atoms with Crippen LogP contribution in [-0.2, 0) is 17.9 Å². The van der Waals surface area contributed by atoms with Crippen LogP contribution in [0.5, 0.6) is 0 Å². The second kappa shape index (κ2) is 18.3. The van der Waals surface area contributed by atoms with Crippen LogP contribution in [-0.4, -0.2) is 20.4 Å². The lowest BCUT2D eigenvalue weighted by atomic mass is 10.1. The van der Waals surface area contributed by atoms with Crippen LogP contribution in [0.4, 0.5) is 0 Å². The zero-order valence-electron chi connectivity index (χ0n) is 27.7. The fourth-order valence-corrected chi connectivity index (χ4v) is 7.41. The number of hydrogen-bond donors (Lipinski definition) is 0. The van der Waals surface area contributed by atoms with E-state index in [1.165, 1.54) is 26.7 Å². The molecule has 0 fully saturated rings. The average Bonchev–Trinajstić information content (AvgIpc) is 3.81. The molecule has 0 aliphatic heterocycles. The van der Waals surface area contributed by atoms with Crippen LogP contribution in [0.15, 0.2) is 166 Å². The summed E-state index contributed by atoms with van der Waals surface area (Å²) in [5, 5.41) is 7.79. The third kappa shape index (κ3) is 10.6. The third-order valence-corrected chi connectivity index (χ3v) is 10.5. The van der Waals surface area contributed by atoms with Crippen LogP contribution in [0.2, 0.25) is 10.0 Å². The maximum absolute atomic E-state index is 6.45. The minimum absolute atomic E-state index is 0.220. The molecule has 0 aliphatic carbocycles. The highest BCUT2D eigenvalue weighted by Gasteiger charge is 2.17. The van der Waals surface area contributed by atoms with Gasteiger partial charge in [0, 0.05) is 48.7 Å². The van der Waals surface area contributed by atoms with Crippen LogP contribution >= 0.6 is 58.5 Å². The molecular formula is C41H34Cl2N4OS3. The topological polar surface area (TPSA) is 44.3 Å². The maximum Gasteiger partial charge on any atom is 0.182 e. The molecule has 0 bridgehead atoms. The summed E-state index contributed by atoms with van der Waals surface area (Å²) < 4.78 is 10.8. The van der Waals surface area contributed by atoms with Gasteiger partial charge in [-0.2, -0.15) is 5.10 Å². The monoisotopic (exact) mass is 764 g/mol. The molecule has 2 heterocycles. The summed E-state index contributed by atoms with van der Waals surface area (Å²) in [5.41, 5.74) is 6.45. The predicted octanol–water partition coefficient (Wildman–Crippen LogP) is 12.4. The number of halogens is 2. The smallest absolute Gasteiger partial charge is 0.182 e. The Morgan fingerprint density at radius 3 is 2.27 bits per heavy atom. The second-order valence-corrected chi connectivity index (χ2v) is 15.0. The van der Waals surface area contributed by atoms with Crippen molar-refractivity contribution in [2.75, 3.05) is 0 Å². The lowest BCUT2D eigenvalue weighted by molar-refractivity contribution is 0.0280. The molecule has 256 valence electrons. The Hall–Kier alpha value is -4.28. The lowest BCUT2D eigenvalue weighted by Gasteiger charge is -2.20. The lowest BCUT2D eigenvalue weighted by Crippen LogP contribution is -2.12. The van der Waals surface area contributed by atoms with Gasteiger partial charge in [0.15, 0.2) is 3.95 Å². The van der Waals surface area contributed by atoms with Crippen LogP contribution in [0, 0.1) is 10.9 Å². The number of rotatable bonds is 11. The van der Waals surface area contributed by atoms with Gasteiger partial charge in [-0.15, -0.1) is 11.3 Å². The molecule has 1 atom stereocenters. The van der Waals surface area contributed by atoms with Gasteiger partial charge in [0.05, 0.1) is 31.4 Å². The predicted molar refractivity (Wildman–Crippen MR) is 216 cm³/mol. The molecule has 0 aliphatic rings. The SMILES string of the molecule is Cc1ccc(/C=N/n2c(-c3ccccc3)csc2=S)cc1.Clc1ccc(C(Cn2ccnc2)OCc2ccc(Sc3ccccc3)cc2)c(Cl)c1. The minimum Gasteiger partial charge on any atom is -0.367 e. The molecule has 5 aromatic carbocycles. The molecule has 5 nitrogen and oxygen atoms in total. The number of imidazole rings is 1. The maximum atomic E-state index is 6.45. The minimum atomic E-state index is -0.220. The number of benzene rings is 5. The third-order valence-electron chi connectivity index (χ3n) is 7.74. The van der Waals surface area contributed by atoms with E-state index in [1.54, 1.807) is 30.4 Å². The number of aryl methyl sites for hydroxylation is 1. The zero-order valence-corrected chi connectivity index (χ0v) is 31.6. The molecule has 0 amide bonds. The van der Waals surface area contributed by atoms with E-state index < -0.39 is 0 Å². The summed E-state index contributed by atoms with van der Waals surface area (Å²) in [4.78, 5) is 6.54. The second-order valence-electron chi connectivity index (χ2n) is 11.5. The standard InChI is InChI=1S/C24H20Cl2N2OS.C17H14N2S2/c25-19-8-11-22(23(26)14-19)24(15-28-13-12-27-17-28)29-16-18-6-9-21(10-7-18)30-20-4-2-1-3-5-20;1-13-7-9-14(10-8-13)11-18-19-16(12-21-17(19)20)15-5-3-2-4-6-15/h1-14,17,24H,15-16H2;2-12H,1H3/b;18-11+. The van der Waals surface area contributed by atoms with Gasteiger partial charge in [-0.3, -0.25) is 0 Å². The molecule has 7 rings (SSSR count). The van der Waals surface area contributed by atoms with E-state index in [-0.39, 0.29) is 6.10 Å². The van der Waals surface area contributed by atoms with Gasteiger partial charge in [0.25, 0.3) is 0 Å². The first kappa shape index (κ1) is 36.5. The van der Waals surface area contributed by atoms with Crippen molar-refractivity contribution in [3.05, 3.63) is 188 Å². The normalized spacial score (nSPS) is 11.7. The van der Waals surface area contributed by atoms with E-state index in [4.69, 9.17) is 40.2 Å². The van der Waals surface area contributed by atoms with E-state index in [0.29, 0.717) is 23.2 Å². The molecular weight excluding hydrogens is 732 g/mol. The number of aromatic nitrogens is 3. The number of hydrogen-bond acceptors (Lipinski definition) is 6. The Bertz CT molecular complexity index is 2200. The van der Waals surface area contributed by atoms with Crippen molar-refractivity contribution in [3.8, 4) is 11.3 Å². The largest absolute Gasteiger partial charge is 0.367 e.